The van der Waals surface area contributed by atoms with E-state index in [-0.39, 0.29) is 41.8 Å². The van der Waals surface area contributed by atoms with E-state index >= 15 is 0 Å². The second-order valence-corrected chi connectivity index (χ2v) is 8.55. The Morgan fingerprint density at radius 1 is 1.20 bits per heavy atom. The van der Waals surface area contributed by atoms with E-state index in [0.29, 0.717) is 30.4 Å². The lowest BCUT2D eigenvalue weighted by molar-refractivity contribution is -0.154. The van der Waals surface area contributed by atoms with E-state index in [2.05, 4.69) is 24.1 Å². The maximum absolute atomic E-state index is 12.1. The lowest BCUT2D eigenvalue weighted by Gasteiger charge is -2.56. The molecule has 1 aromatic rings. The number of piperidine rings is 1. The van der Waals surface area contributed by atoms with Crippen molar-refractivity contribution in [2.24, 2.45) is 5.92 Å². The number of ether oxygens (including phenoxy) is 3. The molecule has 4 aliphatic rings. The van der Waals surface area contributed by atoms with Gasteiger partial charge >= 0.3 is 11.9 Å². The maximum Gasteiger partial charge on any atom is 0.311 e. The van der Waals surface area contributed by atoms with Crippen molar-refractivity contribution in [3.63, 3.8) is 0 Å². The Kier molecular flexibility index (Phi) is 5.35. The molecule has 0 amide bonds. The van der Waals surface area contributed by atoms with Crippen LogP contribution in [-0.4, -0.2) is 48.7 Å². The van der Waals surface area contributed by atoms with Crippen LogP contribution in [0.15, 0.2) is 24.3 Å². The Labute approximate surface area is 182 Å². The van der Waals surface area contributed by atoms with E-state index in [1.807, 2.05) is 12.1 Å². The predicted molar refractivity (Wildman–Crippen MR) is 113 cm³/mol. The Balaban J connectivity index is 0.00000218. The van der Waals surface area contributed by atoms with E-state index < -0.39 is 6.10 Å². The number of hydrogen-bond acceptors (Lipinski definition) is 6. The number of likely N-dealkylation sites (N-methyl/N-ethyl adjacent to an activating group) is 1. The number of hydrogen-bond donors (Lipinski definition) is 0. The van der Waals surface area contributed by atoms with E-state index in [0.717, 1.165) is 19.4 Å². The highest BCUT2D eigenvalue weighted by Gasteiger charge is 2.65. The van der Waals surface area contributed by atoms with Crippen molar-refractivity contribution in [3.05, 3.63) is 35.4 Å². The van der Waals surface area contributed by atoms with Gasteiger partial charge in [0.1, 0.15) is 6.10 Å². The molecule has 6 nitrogen and oxygen atoms in total. The van der Waals surface area contributed by atoms with Crippen molar-refractivity contribution in [1.82, 2.24) is 4.90 Å². The van der Waals surface area contributed by atoms with Crippen LogP contribution in [0.2, 0.25) is 0 Å². The number of likely N-dealkylation sites (tertiary alicyclic amines) is 1. The molecular weight excluding hydrogens is 406 g/mol. The highest BCUT2D eigenvalue weighted by Crippen LogP contribution is 2.62. The number of nitrogens with zero attached hydrogens (tertiary/aromatic N) is 1. The zero-order chi connectivity index (χ0) is 20.3. The summed E-state index contributed by atoms with van der Waals surface area (Å²) in [6.07, 6.45) is 6.00. The predicted octanol–water partition coefficient (Wildman–Crippen LogP) is 3.19. The Morgan fingerprint density at radius 2 is 1.97 bits per heavy atom. The van der Waals surface area contributed by atoms with E-state index in [4.69, 9.17) is 14.2 Å². The minimum absolute atomic E-state index is 0. The van der Waals surface area contributed by atoms with Gasteiger partial charge in [-0.25, -0.2) is 0 Å². The molecule has 2 aliphatic heterocycles. The van der Waals surface area contributed by atoms with Gasteiger partial charge in [-0.2, -0.15) is 0 Å². The van der Waals surface area contributed by atoms with Crippen LogP contribution < -0.4 is 9.47 Å². The normalized spacial score (nSPS) is 32.5. The van der Waals surface area contributed by atoms with Crippen molar-refractivity contribution < 1.29 is 23.8 Å². The van der Waals surface area contributed by atoms with Crippen LogP contribution in [0.4, 0.5) is 0 Å². The molecule has 1 saturated heterocycles. The topological polar surface area (TPSA) is 65.1 Å². The summed E-state index contributed by atoms with van der Waals surface area (Å²) in [6.45, 7) is 4.54. The molecule has 2 aliphatic carbocycles. The second kappa shape index (κ2) is 7.57. The molecule has 0 radical (unpaired) electrons. The molecule has 7 heteroatoms. The van der Waals surface area contributed by atoms with Crippen LogP contribution in [0, 0.1) is 5.92 Å². The SMILES string of the molecule is CCC(=O)Oc1ccc2c3c1O[C@H]1[C@@H](OC(=O)CC)C=C[C@H]4[C@@H](C2)N(C)CC[C@@]341.Cl. The van der Waals surface area contributed by atoms with Gasteiger partial charge in [-0.05, 0) is 44.1 Å². The second-order valence-electron chi connectivity index (χ2n) is 8.55. The summed E-state index contributed by atoms with van der Waals surface area (Å²) in [5.41, 5.74) is 2.17. The van der Waals surface area contributed by atoms with Crippen LogP contribution in [0.1, 0.15) is 44.2 Å². The first kappa shape index (κ1) is 21.2. The highest BCUT2D eigenvalue weighted by atomic mass is 35.5. The van der Waals surface area contributed by atoms with Crippen LogP contribution >= 0.6 is 12.4 Å². The van der Waals surface area contributed by atoms with Gasteiger partial charge in [0.05, 0.1) is 0 Å². The van der Waals surface area contributed by atoms with Crippen molar-refractivity contribution in [2.75, 3.05) is 13.6 Å². The molecule has 0 saturated carbocycles. The zero-order valence-electron chi connectivity index (χ0n) is 17.6. The molecule has 0 N–H and O–H groups in total. The number of esters is 2. The minimum Gasteiger partial charge on any atom is -0.481 e. The van der Waals surface area contributed by atoms with Crippen molar-refractivity contribution in [3.8, 4) is 11.5 Å². The Bertz CT molecular complexity index is 915. The van der Waals surface area contributed by atoms with Crippen LogP contribution in [0.5, 0.6) is 11.5 Å². The third-order valence-corrected chi connectivity index (χ3v) is 7.18. The molecule has 0 unspecified atom stereocenters. The first-order valence-electron chi connectivity index (χ1n) is 10.6. The monoisotopic (exact) mass is 433 g/mol. The van der Waals surface area contributed by atoms with Gasteiger partial charge in [-0.1, -0.05) is 26.0 Å². The Morgan fingerprint density at radius 3 is 2.70 bits per heavy atom. The summed E-state index contributed by atoms with van der Waals surface area (Å²) in [7, 11) is 2.18. The smallest absolute Gasteiger partial charge is 0.311 e. The number of rotatable bonds is 4. The Hall–Kier alpha value is -2.05. The summed E-state index contributed by atoms with van der Waals surface area (Å²) in [5.74, 6) is 0.929. The average molecular weight is 434 g/mol. The van der Waals surface area contributed by atoms with Gasteiger partial charge in [-0.3, -0.25) is 9.59 Å². The molecule has 1 fully saturated rings. The lowest BCUT2D eigenvalue weighted by Crippen LogP contribution is -2.65. The molecule has 30 heavy (non-hydrogen) atoms. The zero-order valence-corrected chi connectivity index (χ0v) is 18.4. The molecular formula is C23H28ClNO5. The summed E-state index contributed by atoms with van der Waals surface area (Å²) in [5, 5.41) is 0. The van der Waals surface area contributed by atoms with Crippen molar-refractivity contribution in [1.29, 1.82) is 0 Å². The number of halogens is 1. The van der Waals surface area contributed by atoms with Gasteiger partial charge in [0.15, 0.2) is 17.6 Å². The van der Waals surface area contributed by atoms with Crippen molar-refractivity contribution >= 4 is 24.3 Å². The van der Waals surface area contributed by atoms with Gasteiger partial charge in [0, 0.05) is 35.8 Å². The molecule has 5 rings (SSSR count). The highest BCUT2D eigenvalue weighted by molar-refractivity contribution is 5.85. The molecule has 162 valence electrons. The van der Waals surface area contributed by atoms with Gasteiger partial charge in [0.2, 0.25) is 0 Å². The van der Waals surface area contributed by atoms with Gasteiger partial charge in [0.25, 0.3) is 0 Å². The van der Waals surface area contributed by atoms with Crippen molar-refractivity contribution in [2.45, 2.75) is 63.2 Å². The molecule has 5 atom stereocenters. The van der Waals surface area contributed by atoms with Crippen LogP contribution in [0.25, 0.3) is 0 Å². The molecule has 2 heterocycles. The molecule has 1 spiro atoms. The average Bonchev–Trinajstić information content (AvgIpc) is 3.08. The summed E-state index contributed by atoms with van der Waals surface area (Å²) in [4.78, 5) is 26.5. The lowest BCUT2D eigenvalue weighted by atomic mass is 9.53. The largest absolute Gasteiger partial charge is 0.481 e. The number of carbonyl (C=O) groups is 2. The molecule has 1 aromatic carbocycles. The number of carbonyl (C=O) groups excluding carboxylic acids is 2. The van der Waals surface area contributed by atoms with E-state index in [9.17, 15) is 9.59 Å². The van der Waals surface area contributed by atoms with E-state index in [1.54, 1.807) is 13.8 Å². The summed E-state index contributed by atoms with van der Waals surface area (Å²) in [6, 6.07) is 4.32. The van der Waals surface area contributed by atoms with Gasteiger partial charge in [-0.15, -0.1) is 12.4 Å². The first-order chi connectivity index (χ1) is 14.0. The quantitative estimate of drug-likeness (QED) is 0.413. The maximum atomic E-state index is 12.1. The number of benzene rings is 1. The third kappa shape index (κ3) is 2.80. The van der Waals surface area contributed by atoms with E-state index in [1.165, 1.54) is 11.1 Å². The fourth-order valence-corrected chi connectivity index (χ4v) is 5.82. The standard InChI is InChI=1S/C23H27NO5.ClH/c1-4-18(25)27-16-8-6-13-12-15-14-7-9-17(28-19(26)5-2)22-23(14,10-11-24(15)3)20(13)21(16)29-22;/h6-9,14-15,17,22H,4-5,10-12H2,1-3H3;1H/t14-,15+,17-,22-,23-;/m0./s1. The molecule has 0 aromatic heterocycles. The summed E-state index contributed by atoms with van der Waals surface area (Å²) >= 11 is 0. The fraction of sp³-hybridized carbons (Fsp3) is 0.565. The van der Waals surface area contributed by atoms with Crippen LogP contribution in [0.3, 0.4) is 0 Å². The van der Waals surface area contributed by atoms with Crippen LogP contribution in [-0.2, 0) is 26.2 Å². The third-order valence-electron chi connectivity index (χ3n) is 7.18. The van der Waals surface area contributed by atoms with Gasteiger partial charge < -0.3 is 19.1 Å². The molecule has 2 bridgehead atoms. The fourth-order valence-electron chi connectivity index (χ4n) is 5.82. The summed E-state index contributed by atoms with van der Waals surface area (Å²) < 4.78 is 17.9. The minimum atomic E-state index is -0.434. The first-order valence-corrected chi connectivity index (χ1v) is 10.6.